The van der Waals surface area contributed by atoms with E-state index in [2.05, 4.69) is 6.92 Å². The summed E-state index contributed by atoms with van der Waals surface area (Å²) < 4.78 is 10.2. The normalized spacial score (nSPS) is 13.8. The zero-order chi connectivity index (χ0) is 9.40. The number of rotatable bonds is 7. The van der Waals surface area contributed by atoms with Crippen molar-refractivity contribution in [2.24, 2.45) is 0 Å². The SMILES string of the molecule is CCCCOCC(O)OC(C)C. The van der Waals surface area contributed by atoms with Crippen LogP contribution in [0.15, 0.2) is 0 Å². The molecule has 0 aromatic rings. The van der Waals surface area contributed by atoms with Gasteiger partial charge in [-0.15, -0.1) is 0 Å². The minimum Gasteiger partial charge on any atom is -0.376 e. The number of hydrogen-bond donors (Lipinski definition) is 1. The predicted octanol–water partition coefficient (Wildman–Crippen LogP) is 1.55. The largest absolute Gasteiger partial charge is 0.376 e. The van der Waals surface area contributed by atoms with Gasteiger partial charge >= 0.3 is 0 Å². The molecule has 0 aliphatic heterocycles. The summed E-state index contributed by atoms with van der Waals surface area (Å²) in [5.74, 6) is 0. The first-order valence-electron chi connectivity index (χ1n) is 4.58. The molecule has 1 unspecified atom stereocenters. The molecule has 12 heavy (non-hydrogen) atoms. The second-order valence-electron chi connectivity index (χ2n) is 3.07. The molecule has 0 aliphatic carbocycles. The first kappa shape index (κ1) is 11.9. The summed E-state index contributed by atoms with van der Waals surface area (Å²) >= 11 is 0. The van der Waals surface area contributed by atoms with E-state index < -0.39 is 6.29 Å². The molecule has 1 N–H and O–H groups in total. The summed E-state index contributed by atoms with van der Waals surface area (Å²) in [5.41, 5.74) is 0. The van der Waals surface area contributed by atoms with Gasteiger partial charge in [-0.1, -0.05) is 13.3 Å². The predicted molar refractivity (Wildman–Crippen MR) is 48.0 cm³/mol. The van der Waals surface area contributed by atoms with Crippen LogP contribution in [0.3, 0.4) is 0 Å². The molecule has 0 heterocycles. The third-order valence-electron chi connectivity index (χ3n) is 1.33. The number of aliphatic hydroxyl groups excluding tert-OH is 1. The van der Waals surface area contributed by atoms with E-state index in [4.69, 9.17) is 9.47 Å². The average molecular weight is 176 g/mol. The Hall–Kier alpha value is -0.120. The van der Waals surface area contributed by atoms with Crippen molar-refractivity contribution in [2.45, 2.75) is 46.0 Å². The van der Waals surface area contributed by atoms with Gasteiger partial charge in [0.1, 0.15) is 0 Å². The average Bonchev–Trinajstić information content (AvgIpc) is 1.97. The Morgan fingerprint density at radius 3 is 2.50 bits per heavy atom. The molecule has 0 fully saturated rings. The first-order valence-corrected chi connectivity index (χ1v) is 4.58. The van der Waals surface area contributed by atoms with Gasteiger partial charge in [-0.2, -0.15) is 0 Å². The van der Waals surface area contributed by atoms with Crippen molar-refractivity contribution in [3.63, 3.8) is 0 Å². The number of hydrogen-bond acceptors (Lipinski definition) is 3. The molecule has 1 atom stereocenters. The van der Waals surface area contributed by atoms with E-state index in [1.807, 2.05) is 13.8 Å². The fourth-order valence-corrected chi connectivity index (χ4v) is 0.784. The molecule has 0 spiro atoms. The van der Waals surface area contributed by atoms with Crippen LogP contribution in [0.2, 0.25) is 0 Å². The van der Waals surface area contributed by atoms with E-state index in [-0.39, 0.29) is 12.7 Å². The van der Waals surface area contributed by atoms with E-state index in [0.29, 0.717) is 6.61 Å². The van der Waals surface area contributed by atoms with Crippen LogP contribution >= 0.6 is 0 Å². The maximum absolute atomic E-state index is 9.17. The highest BCUT2D eigenvalue weighted by Crippen LogP contribution is 1.96. The highest BCUT2D eigenvalue weighted by atomic mass is 16.6. The lowest BCUT2D eigenvalue weighted by atomic mass is 10.4. The van der Waals surface area contributed by atoms with Crippen LogP contribution in [-0.4, -0.2) is 30.7 Å². The molecular weight excluding hydrogens is 156 g/mol. The van der Waals surface area contributed by atoms with Crippen molar-refractivity contribution >= 4 is 0 Å². The summed E-state index contributed by atoms with van der Waals surface area (Å²) in [6.07, 6.45) is 1.42. The summed E-state index contributed by atoms with van der Waals surface area (Å²) in [4.78, 5) is 0. The van der Waals surface area contributed by atoms with Crippen LogP contribution in [0.25, 0.3) is 0 Å². The fraction of sp³-hybridized carbons (Fsp3) is 1.00. The van der Waals surface area contributed by atoms with Crippen LogP contribution in [0.5, 0.6) is 0 Å². The zero-order valence-electron chi connectivity index (χ0n) is 8.25. The Labute approximate surface area is 74.7 Å². The summed E-state index contributed by atoms with van der Waals surface area (Å²) in [5, 5.41) is 9.17. The van der Waals surface area contributed by atoms with E-state index >= 15 is 0 Å². The Morgan fingerprint density at radius 2 is 2.00 bits per heavy atom. The molecule has 0 saturated heterocycles. The Bertz CT molecular complexity index is 93.8. The molecule has 0 rings (SSSR count). The second-order valence-corrected chi connectivity index (χ2v) is 3.07. The third kappa shape index (κ3) is 7.98. The van der Waals surface area contributed by atoms with Crippen molar-refractivity contribution in [2.75, 3.05) is 13.2 Å². The van der Waals surface area contributed by atoms with Gasteiger partial charge in [0.25, 0.3) is 0 Å². The number of aliphatic hydroxyl groups is 1. The third-order valence-corrected chi connectivity index (χ3v) is 1.33. The molecule has 0 aliphatic rings. The summed E-state index contributed by atoms with van der Waals surface area (Å²) in [6, 6.07) is 0. The highest BCUT2D eigenvalue weighted by Gasteiger charge is 2.05. The van der Waals surface area contributed by atoms with Crippen LogP contribution in [0, 0.1) is 0 Å². The molecule has 0 amide bonds. The fourth-order valence-electron chi connectivity index (χ4n) is 0.784. The van der Waals surface area contributed by atoms with E-state index in [9.17, 15) is 5.11 Å². The molecule has 3 heteroatoms. The molecule has 0 radical (unpaired) electrons. The van der Waals surface area contributed by atoms with Gasteiger partial charge in [-0.25, -0.2) is 0 Å². The van der Waals surface area contributed by atoms with E-state index in [0.717, 1.165) is 12.8 Å². The Morgan fingerprint density at radius 1 is 1.33 bits per heavy atom. The van der Waals surface area contributed by atoms with Gasteiger partial charge in [0.05, 0.1) is 12.7 Å². The molecule has 0 aromatic carbocycles. The van der Waals surface area contributed by atoms with Crippen molar-refractivity contribution < 1.29 is 14.6 Å². The van der Waals surface area contributed by atoms with Crippen LogP contribution < -0.4 is 0 Å². The van der Waals surface area contributed by atoms with Crippen LogP contribution in [-0.2, 0) is 9.47 Å². The maximum Gasteiger partial charge on any atom is 0.178 e. The van der Waals surface area contributed by atoms with Gasteiger partial charge in [0, 0.05) is 6.61 Å². The quantitative estimate of drug-likeness (QED) is 0.472. The monoisotopic (exact) mass is 176 g/mol. The number of unbranched alkanes of at least 4 members (excludes halogenated alkanes) is 1. The lowest BCUT2D eigenvalue weighted by molar-refractivity contribution is -0.157. The minimum atomic E-state index is -0.776. The van der Waals surface area contributed by atoms with Gasteiger partial charge in [-0.05, 0) is 20.3 Å². The molecular formula is C9H20O3. The van der Waals surface area contributed by atoms with Gasteiger partial charge in [0.15, 0.2) is 6.29 Å². The standard InChI is InChI=1S/C9H20O3/c1-4-5-6-11-7-9(10)12-8(2)3/h8-10H,4-7H2,1-3H3. The van der Waals surface area contributed by atoms with Crippen molar-refractivity contribution in [3.05, 3.63) is 0 Å². The molecule has 0 bridgehead atoms. The topological polar surface area (TPSA) is 38.7 Å². The van der Waals surface area contributed by atoms with Gasteiger partial charge in [0.2, 0.25) is 0 Å². The molecule has 3 nitrogen and oxygen atoms in total. The van der Waals surface area contributed by atoms with E-state index in [1.165, 1.54) is 0 Å². The Balaban J connectivity index is 3.14. The smallest absolute Gasteiger partial charge is 0.178 e. The summed E-state index contributed by atoms with van der Waals surface area (Å²) in [6.45, 7) is 6.85. The zero-order valence-corrected chi connectivity index (χ0v) is 8.25. The Kier molecular flexibility index (Phi) is 7.45. The van der Waals surface area contributed by atoms with Gasteiger partial charge < -0.3 is 14.6 Å². The highest BCUT2D eigenvalue weighted by molar-refractivity contribution is 4.42. The van der Waals surface area contributed by atoms with E-state index in [1.54, 1.807) is 0 Å². The summed E-state index contributed by atoms with van der Waals surface area (Å²) in [7, 11) is 0. The van der Waals surface area contributed by atoms with Crippen molar-refractivity contribution in [1.29, 1.82) is 0 Å². The molecule has 0 saturated carbocycles. The van der Waals surface area contributed by atoms with Crippen LogP contribution in [0.1, 0.15) is 33.6 Å². The lowest BCUT2D eigenvalue weighted by Crippen LogP contribution is -2.23. The molecule has 74 valence electrons. The number of ether oxygens (including phenoxy) is 2. The van der Waals surface area contributed by atoms with Gasteiger partial charge in [-0.3, -0.25) is 0 Å². The first-order chi connectivity index (χ1) is 5.66. The molecule has 0 aromatic heterocycles. The van der Waals surface area contributed by atoms with Crippen molar-refractivity contribution in [3.8, 4) is 0 Å². The van der Waals surface area contributed by atoms with Crippen LogP contribution in [0.4, 0.5) is 0 Å². The maximum atomic E-state index is 9.17. The minimum absolute atomic E-state index is 0.0507. The van der Waals surface area contributed by atoms with Crippen molar-refractivity contribution in [1.82, 2.24) is 0 Å². The lowest BCUT2D eigenvalue weighted by Gasteiger charge is -2.14. The second kappa shape index (κ2) is 7.53.